The molecule has 4 heterocycles. The first-order valence-corrected chi connectivity index (χ1v) is 12.5. The average molecular weight is 499 g/mol. The first-order chi connectivity index (χ1) is 17.6. The van der Waals surface area contributed by atoms with Gasteiger partial charge < -0.3 is 8.83 Å². The summed E-state index contributed by atoms with van der Waals surface area (Å²) >= 11 is 1.27. The standard InChI is InChI=1S/C26H22N6O3S/c1-16-7-5-8-17(2)25(16)32-26(27-29-30-32)36-15-24(33)31-20(22-11-6-12-34-22)14-19(28-31)23-13-18-9-3-4-10-21(18)35-23/h3-13,20H,14-15H2,1-2H3. The van der Waals surface area contributed by atoms with Crippen molar-refractivity contribution in [2.45, 2.75) is 31.5 Å². The van der Waals surface area contributed by atoms with Gasteiger partial charge in [-0.05, 0) is 59.7 Å². The molecule has 2 aromatic carbocycles. The molecular formula is C26H22N6O3S. The van der Waals surface area contributed by atoms with Crippen molar-refractivity contribution in [2.24, 2.45) is 5.10 Å². The van der Waals surface area contributed by atoms with E-state index in [-0.39, 0.29) is 17.7 Å². The number of hydrogen-bond donors (Lipinski definition) is 0. The SMILES string of the molecule is Cc1cccc(C)c1-n1nnnc1SCC(=O)N1N=C(c2cc3ccccc3o2)CC1c1ccco1. The third kappa shape index (κ3) is 3.99. The normalized spacial score (nSPS) is 15.6. The number of carbonyl (C=O) groups is 1. The fraction of sp³-hybridized carbons (Fsp3) is 0.192. The van der Waals surface area contributed by atoms with Gasteiger partial charge in [0.25, 0.3) is 5.91 Å². The van der Waals surface area contributed by atoms with Gasteiger partial charge in [-0.3, -0.25) is 4.79 Å². The quantitative estimate of drug-likeness (QED) is 0.301. The van der Waals surface area contributed by atoms with E-state index in [0.29, 0.717) is 28.8 Å². The van der Waals surface area contributed by atoms with Crippen LogP contribution in [0.3, 0.4) is 0 Å². The highest BCUT2D eigenvalue weighted by Gasteiger charge is 2.36. The number of amides is 1. The van der Waals surface area contributed by atoms with Crippen LogP contribution in [0.15, 0.2) is 86.0 Å². The lowest BCUT2D eigenvalue weighted by atomic mass is 10.1. The van der Waals surface area contributed by atoms with Crippen molar-refractivity contribution < 1.29 is 13.6 Å². The molecule has 0 aliphatic carbocycles. The first-order valence-electron chi connectivity index (χ1n) is 11.5. The van der Waals surface area contributed by atoms with E-state index in [4.69, 9.17) is 8.83 Å². The van der Waals surface area contributed by atoms with Gasteiger partial charge in [0.05, 0.1) is 17.7 Å². The molecule has 9 nitrogen and oxygen atoms in total. The summed E-state index contributed by atoms with van der Waals surface area (Å²) in [4.78, 5) is 13.4. The fourth-order valence-electron chi connectivity index (χ4n) is 4.46. The largest absolute Gasteiger partial charge is 0.467 e. The minimum absolute atomic E-state index is 0.111. The zero-order valence-electron chi connectivity index (χ0n) is 19.7. The number of rotatable bonds is 6. The lowest BCUT2D eigenvalue weighted by Crippen LogP contribution is -2.28. The molecule has 180 valence electrons. The Kier molecular flexibility index (Phi) is 5.65. The second kappa shape index (κ2) is 9.12. The Labute approximate surface area is 210 Å². The van der Waals surface area contributed by atoms with E-state index < -0.39 is 0 Å². The fourth-order valence-corrected chi connectivity index (χ4v) is 5.19. The molecule has 1 unspecified atom stereocenters. The Hall–Kier alpha value is -4.18. The third-order valence-corrected chi connectivity index (χ3v) is 7.07. The summed E-state index contributed by atoms with van der Waals surface area (Å²) < 4.78 is 13.4. The number of aromatic nitrogens is 4. The summed E-state index contributed by atoms with van der Waals surface area (Å²) in [5, 5.41) is 19.9. The molecule has 0 saturated heterocycles. The molecule has 5 aromatic rings. The number of furan rings is 2. The maximum absolute atomic E-state index is 13.4. The molecule has 6 rings (SSSR count). The van der Waals surface area contributed by atoms with Crippen molar-refractivity contribution >= 4 is 34.3 Å². The Morgan fingerprint density at radius 3 is 2.69 bits per heavy atom. The molecular weight excluding hydrogens is 476 g/mol. The van der Waals surface area contributed by atoms with E-state index in [9.17, 15) is 4.79 Å². The molecule has 1 amide bonds. The Balaban J connectivity index is 1.26. The van der Waals surface area contributed by atoms with Crippen molar-refractivity contribution in [3.63, 3.8) is 0 Å². The van der Waals surface area contributed by atoms with E-state index in [1.807, 2.05) is 74.5 Å². The maximum atomic E-state index is 13.4. The molecule has 0 radical (unpaired) electrons. The number of hydrazone groups is 1. The Bertz CT molecular complexity index is 1530. The summed E-state index contributed by atoms with van der Waals surface area (Å²) in [5.41, 5.74) is 4.49. The van der Waals surface area contributed by atoms with Crippen LogP contribution in [0.25, 0.3) is 16.7 Å². The van der Waals surface area contributed by atoms with Crippen LogP contribution in [0.4, 0.5) is 0 Å². The van der Waals surface area contributed by atoms with Gasteiger partial charge in [0.1, 0.15) is 23.1 Å². The molecule has 36 heavy (non-hydrogen) atoms. The molecule has 0 spiro atoms. The average Bonchev–Trinajstić information content (AvgIpc) is 3.67. The minimum Gasteiger partial charge on any atom is -0.467 e. The summed E-state index contributed by atoms with van der Waals surface area (Å²) in [6, 6.07) is 19.1. The van der Waals surface area contributed by atoms with Gasteiger partial charge in [0.2, 0.25) is 5.16 Å². The van der Waals surface area contributed by atoms with E-state index in [1.54, 1.807) is 10.9 Å². The number of aryl methyl sites for hydroxylation is 2. The molecule has 0 fully saturated rings. The van der Waals surface area contributed by atoms with Crippen molar-refractivity contribution in [3.8, 4) is 5.69 Å². The van der Waals surface area contributed by atoms with Crippen LogP contribution in [0.1, 0.15) is 35.1 Å². The summed E-state index contributed by atoms with van der Waals surface area (Å²) in [5.74, 6) is 1.25. The van der Waals surface area contributed by atoms with Gasteiger partial charge in [-0.2, -0.15) is 9.78 Å². The van der Waals surface area contributed by atoms with Crippen LogP contribution in [0.5, 0.6) is 0 Å². The Morgan fingerprint density at radius 1 is 1.08 bits per heavy atom. The molecule has 1 aliphatic rings. The van der Waals surface area contributed by atoms with Crippen molar-refractivity contribution in [2.75, 3.05) is 5.75 Å². The van der Waals surface area contributed by atoms with Gasteiger partial charge in [0.15, 0.2) is 5.76 Å². The number of carbonyl (C=O) groups excluding carboxylic acids is 1. The lowest BCUT2D eigenvalue weighted by Gasteiger charge is -2.19. The second-order valence-electron chi connectivity index (χ2n) is 8.57. The second-order valence-corrected chi connectivity index (χ2v) is 9.51. The number of benzene rings is 2. The predicted molar refractivity (Wildman–Crippen MR) is 135 cm³/mol. The minimum atomic E-state index is -0.356. The number of thioether (sulfide) groups is 1. The monoisotopic (exact) mass is 498 g/mol. The molecule has 1 atom stereocenters. The zero-order valence-corrected chi connectivity index (χ0v) is 20.5. The van der Waals surface area contributed by atoms with Crippen LogP contribution >= 0.6 is 11.8 Å². The van der Waals surface area contributed by atoms with E-state index in [1.165, 1.54) is 16.8 Å². The molecule has 1 aliphatic heterocycles. The molecule has 3 aromatic heterocycles. The van der Waals surface area contributed by atoms with Crippen molar-refractivity contribution in [1.82, 2.24) is 25.2 Å². The number of para-hydroxylation sites is 2. The third-order valence-electron chi connectivity index (χ3n) is 6.16. The van der Waals surface area contributed by atoms with Gasteiger partial charge in [0, 0.05) is 11.8 Å². The molecule has 0 N–H and O–H groups in total. The molecule has 0 saturated carbocycles. The highest BCUT2D eigenvalue weighted by Crippen LogP contribution is 2.35. The van der Waals surface area contributed by atoms with Crippen molar-refractivity contribution in [3.05, 3.63) is 89.6 Å². The van der Waals surface area contributed by atoms with Crippen LogP contribution in [0, 0.1) is 13.8 Å². The van der Waals surface area contributed by atoms with Gasteiger partial charge in [-0.15, -0.1) is 5.10 Å². The number of tetrazole rings is 1. The van der Waals surface area contributed by atoms with Crippen LogP contribution in [0.2, 0.25) is 0 Å². The highest BCUT2D eigenvalue weighted by molar-refractivity contribution is 7.99. The van der Waals surface area contributed by atoms with Gasteiger partial charge in [-0.1, -0.05) is 48.2 Å². The van der Waals surface area contributed by atoms with Crippen LogP contribution in [-0.2, 0) is 4.79 Å². The predicted octanol–water partition coefficient (Wildman–Crippen LogP) is 5.09. The summed E-state index contributed by atoms with van der Waals surface area (Å²) in [7, 11) is 0. The van der Waals surface area contributed by atoms with E-state index in [0.717, 1.165) is 27.8 Å². The lowest BCUT2D eigenvalue weighted by molar-refractivity contribution is -0.130. The van der Waals surface area contributed by atoms with Gasteiger partial charge in [-0.25, -0.2) is 5.01 Å². The molecule has 10 heteroatoms. The number of hydrogen-bond acceptors (Lipinski definition) is 8. The molecule has 0 bridgehead atoms. The summed E-state index contributed by atoms with van der Waals surface area (Å²) in [6.07, 6.45) is 2.09. The van der Waals surface area contributed by atoms with E-state index >= 15 is 0 Å². The topological polar surface area (TPSA) is 103 Å². The van der Waals surface area contributed by atoms with Crippen LogP contribution < -0.4 is 0 Å². The number of fused-ring (bicyclic) bond motifs is 1. The maximum Gasteiger partial charge on any atom is 0.253 e. The zero-order chi connectivity index (χ0) is 24.6. The smallest absolute Gasteiger partial charge is 0.253 e. The van der Waals surface area contributed by atoms with Crippen molar-refractivity contribution in [1.29, 1.82) is 0 Å². The Morgan fingerprint density at radius 2 is 1.92 bits per heavy atom. The number of nitrogens with zero attached hydrogens (tertiary/aromatic N) is 6. The van der Waals surface area contributed by atoms with E-state index in [2.05, 4.69) is 20.6 Å². The first kappa shape index (κ1) is 22.3. The van der Waals surface area contributed by atoms with Crippen LogP contribution in [-0.4, -0.2) is 42.6 Å². The highest BCUT2D eigenvalue weighted by atomic mass is 32.2. The van der Waals surface area contributed by atoms with Gasteiger partial charge >= 0.3 is 0 Å². The summed E-state index contributed by atoms with van der Waals surface area (Å²) in [6.45, 7) is 4.02.